The molecule has 0 radical (unpaired) electrons. The molecular formula is C17H17N3OS. The predicted octanol–water partition coefficient (Wildman–Crippen LogP) is 3.86. The van der Waals surface area contributed by atoms with E-state index in [1.54, 1.807) is 6.20 Å². The summed E-state index contributed by atoms with van der Waals surface area (Å²) in [6.45, 7) is 4.69. The Bertz CT molecular complexity index is 786. The summed E-state index contributed by atoms with van der Waals surface area (Å²) < 4.78 is 1.82. The first-order valence-corrected chi connectivity index (χ1v) is 7.93. The van der Waals surface area contributed by atoms with E-state index >= 15 is 0 Å². The summed E-state index contributed by atoms with van der Waals surface area (Å²) >= 11 is 1.45. The van der Waals surface area contributed by atoms with E-state index in [1.165, 1.54) is 22.5 Å². The third-order valence-electron chi connectivity index (χ3n) is 3.42. The Kier molecular flexibility index (Phi) is 4.06. The number of thiophene rings is 1. The molecule has 0 spiro atoms. The zero-order valence-corrected chi connectivity index (χ0v) is 13.4. The Labute approximate surface area is 133 Å². The molecule has 112 valence electrons. The summed E-state index contributed by atoms with van der Waals surface area (Å²) in [5.41, 5.74) is 4.13. The van der Waals surface area contributed by atoms with Gasteiger partial charge in [0.2, 0.25) is 0 Å². The predicted molar refractivity (Wildman–Crippen MR) is 89.5 cm³/mol. The molecule has 5 heteroatoms. The molecule has 2 aromatic heterocycles. The fraction of sp³-hybridized carbons (Fsp3) is 0.176. The summed E-state index contributed by atoms with van der Waals surface area (Å²) in [5, 5.41) is 9.11. The number of aromatic nitrogens is 2. The molecule has 0 unspecified atom stereocenters. The Morgan fingerprint density at radius 2 is 2.00 bits per heavy atom. The molecule has 2 heterocycles. The van der Waals surface area contributed by atoms with Crippen LogP contribution in [0.3, 0.4) is 0 Å². The summed E-state index contributed by atoms with van der Waals surface area (Å²) in [4.78, 5) is 12.9. The van der Waals surface area contributed by atoms with Gasteiger partial charge in [-0.25, -0.2) is 0 Å². The van der Waals surface area contributed by atoms with Crippen molar-refractivity contribution in [3.8, 4) is 0 Å². The van der Waals surface area contributed by atoms with Gasteiger partial charge >= 0.3 is 0 Å². The van der Waals surface area contributed by atoms with Gasteiger partial charge in [-0.3, -0.25) is 9.48 Å². The first kappa shape index (κ1) is 14.5. The SMILES string of the molecule is Cc1ccc(Cn2cc(NC(=O)c3sccc3C)cn2)cc1. The van der Waals surface area contributed by atoms with E-state index in [0.29, 0.717) is 12.2 Å². The van der Waals surface area contributed by atoms with Crippen molar-refractivity contribution in [3.63, 3.8) is 0 Å². The van der Waals surface area contributed by atoms with Crippen LogP contribution in [0.2, 0.25) is 0 Å². The molecule has 1 aromatic carbocycles. The summed E-state index contributed by atoms with van der Waals surface area (Å²) in [6.07, 6.45) is 3.52. The fourth-order valence-corrected chi connectivity index (χ4v) is 3.01. The largest absolute Gasteiger partial charge is 0.319 e. The van der Waals surface area contributed by atoms with Gasteiger partial charge in [-0.1, -0.05) is 29.8 Å². The lowest BCUT2D eigenvalue weighted by Gasteiger charge is -2.03. The first-order valence-electron chi connectivity index (χ1n) is 7.05. The van der Waals surface area contributed by atoms with Gasteiger partial charge in [0.1, 0.15) is 0 Å². The number of anilines is 1. The number of amides is 1. The van der Waals surface area contributed by atoms with Crippen LogP contribution >= 0.6 is 11.3 Å². The lowest BCUT2D eigenvalue weighted by atomic mass is 10.1. The van der Waals surface area contributed by atoms with Crippen LogP contribution in [0.15, 0.2) is 48.1 Å². The van der Waals surface area contributed by atoms with Crippen molar-refractivity contribution in [1.29, 1.82) is 0 Å². The molecule has 0 aliphatic rings. The Hall–Kier alpha value is -2.40. The maximum atomic E-state index is 12.2. The Morgan fingerprint density at radius 3 is 2.68 bits per heavy atom. The highest BCUT2D eigenvalue weighted by Crippen LogP contribution is 2.17. The standard InChI is InChI=1S/C17H17N3OS/c1-12-3-5-14(6-4-12)10-20-11-15(9-18-20)19-17(21)16-13(2)7-8-22-16/h3-9,11H,10H2,1-2H3,(H,19,21). The van der Waals surface area contributed by atoms with E-state index in [9.17, 15) is 4.79 Å². The molecule has 0 saturated heterocycles. The first-order chi connectivity index (χ1) is 10.6. The summed E-state index contributed by atoms with van der Waals surface area (Å²) in [7, 11) is 0. The molecule has 3 aromatic rings. The minimum Gasteiger partial charge on any atom is -0.319 e. The van der Waals surface area contributed by atoms with Crippen molar-refractivity contribution in [2.24, 2.45) is 0 Å². The fourth-order valence-electron chi connectivity index (χ4n) is 2.19. The monoisotopic (exact) mass is 311 g/mol. The molecule has 0 fully saturated rings. The lowest BCUT2D eigenvalue weighted by Crippen LogP contribution is -2.10. The number of hydrogen-bond donors (Lipinski definition) is 1. The van der Waals surface area contributed by atoms with Gasteiger partial charge in [0, 0.05) is 6.20 Å². The minimum atomic E-state index is -0.0811. The van der Waals surface area contributed by atoms with Crippen LogP contribution in [0.25, 0.3) is 0 Å². The van der Waals surface area contributed by atoms with Gasteiger partial charge < -0.3 is 5.32 Å². The number of rotatable bonds is 4. The second-order valence-electron chi connectivity index (χ2n) is 5.30. The molecule has 0 bridgehead atoms. The van der Waals surface area contributed by atoms with Crippen molar-refractivity contribution < 1.29 is 4.79 Å². The summed E-state index contributed by atoms with van der Waals surface area (Å²) in [6, 6.07) is 10.3. The third-order valence-corrected chi connectivity index (χ3v) is 4.44. The molecule has 1 amide bonds. The maximum Gasteiger partial charge on any atom is 0.266 e. The van der Waals surface area contributed by atoms with Crippen LogP contribution < -0.4 is 5.32 Å². The second kappa shape index (κ2) is 6.15. The van der Waals surface area contributed by atoms with Crippen molar-refractivity contribution >= 4 is 22.9 Å². The topological polar surface area (TPSA) is 46.9 Å². The molecule has 0 aliphatic carbocycles. The van der Waals surface area contributed by atoms with Crippen LogP contribution in [-0.4, -0.2) is 15.7 Å². The van der Waals surface area contributed by atoms with Crippen molar-refractivity contribution in [1.82, 2.24) is 9.78 Å². The molecule has 0 saturated carbocycles. The number of nitrogens with zero attached hydrogens (tertiary/aromatic N) is 2. The van der Waals surface area contributed by atoms with E-state index in [4.69, 9.17) is 0 Å². The number of hydrogen-bond acceptors (Lipinski definition) is 3. The van der Waals surface area contributed by atoms with Crippen LogP contribution in [0.4, 0.5) is 5.69 Å². The van der Waals surface area contributed by atoms with Gasteiger partial charge in [-0.2, -0.15) is 5.10 Å². The summed E-state index contributed by atoms with van der Waals surface area (Å²) in [5.74, 6) is -0.0811. The molecule has 3 rings (SSSR count). The zero-order chi connectivity index (χ0) is 15.5. The van der Waals surface area contributed by atoms with Crippen LogP contribution in [0.1, 0.15) is 26.4 Å². The number of nitrogens with one attached hydrogen (secondary N) is 1. The average molecular weight is 311 g/mol. The van der Waals surface area contributed by atoms with E-state index < -0.39 is 0 Å². The van der Waals surface area contributed by atoms with Crippen molar-refractivity contribution in [2.45, 2.75) is 20.4 Å². The molecular weight excluding hydrogens is 294 g/mol. The van der Waals surface area contributed by atoms with Crippen LogP contribution in [0, 0.1) is 13.8 Å². The lowest BCUT2D eigenvalue weighted by molar-refractivity contribution is 0.103. The zero-order valence-electron chi connectivity index (χ0n) is 12.5. The number of carbonyl (C=O) groups excluding carboxylic acids is 1. The number of carbonyl (C=O) groups is 1. The third kappa shape index (κ3) is 3.26. The van der Waals surface area contributed by atoms with Gasteiger partial charge in [-0.05, 0) is 36.4 Å². The minimum absolute atomic E-state index is 0.0811. The van der Waals surface area contributed by atoms with Crippen LogP contribution in [0.5, 0.6) is 0 Å². The molecule has 4 nitrogen and oxygen atoms in total. The van der Waals surface area contributed by atoms with E-state index in [0.717, 1.165) is 10.4 Å². The smallest absolute Gasteiger partial charge is 0.266 e. The van der Waals surface area contributed by atoms with E-state index in [2.05, 4.69) is 41.6 Å². The molecule has 22 heavy (non-hydrogen) atoms. The number of benzene rings is 1. The number of aryl methyl sites for hydroxylation is 2. The van der Waals surface area contributed by atoms with Crippen LogP contribution in [-0.2, 0) is 6.54 Å². The van der Waals surface area contributed by atoms with Gasteiger partial charge in [-0.15, -0.1) is 11.3 Å². The highest BCUT2D eigenvalue weighted by Gasteiger charge is 2.11. The van der Waals surface area contributed by atoms with E-state index in [-0.39, 0.29) is 5.91 Å². The molecule has 1 N–H and O–H groups in total. The molecule has 0 aliphatic heterocycles. The van der Waals surface area contributed by atoms with Gasteiger partial charge in [0.15, 0.2) is 0 Å². The Morgan fingerprint density at radius 1 is 1.23 bits per heavy atom. The van der Waals surface area contributed by atoms with E-state index in [1.807, 2.05) is 29.2 Å². The van der Waals surface area contributed by atoms with Gasteiger partial charge in [0.25, 0.3) is 5.91 Å². The highest BCUT2D eigenvalue weighted by molar-refractivity contribution is 7.12. The highest BCUT2D eigenvalue weighted by atomic mass is 32.1. The average Bonchev–Trinajstić information content (AvgIpc) is 3.10. The normalized spacial score (nSPS) is 10.6. The van der Waals surface area contributed by atoms with Crippen molar-refractivity contribution in [3.05, 3.63) is 69.7 Å². The Balaban J connectivity index is 1.67. The molecule has 0 atom stereocenters. The van der Waals surface area contributed by atoms with Crippen molar-refractivity contribution in [2.75, 3.05) is 5.32 Å². The quantitative estimate of drug-likeness (QED) is 0.795. The van der Waals surface area contributed by atoms with Gasteiger partial charge in [0.05, 0.1) is 23.3 Å². The maximum absolute atomic E-state index is 12.2. The second-order valence-corrected chi connectivity index (χ2v) is 6.22.